The predicted molar refractivity (Wildman–Crippen MR) is 102 cm³/mol. The van der Waals surface area contributed by atoms with Crippen LogP contribution in [0, 0.1) is 11.6 Å². The number of nitrogens with one attached hydrogen (secondary N) is 1. The molecule has 8 heteroatoms. The lowest BCUT2D eigenvalue weighted by Crippen LogP contribution is -2.36. The highest BCUT2D eigenvalue weighted by atomic mass is 19.1. The highest BCUT2D eigenvalue weighted by molar-refractivity contribution is 5.68. The minimum Gasteiger partial charge on any atom is -0.444 e. The molecule has 2 aromatic carbocycles. The molecule has 0 saturated heterocycles. The summed E-state index contributed by atoms with van der Waals surface area (Å²) in [5.74, 6) is -1.07. The van der Waals surface area contributed by atoms with Crippen LogP contribution in [0.4, 0.5) is 13.6 Å². The van der Waals surface area contributed by atoms with Crippen LogP contribution in [0.25, 0.3) is 11.5 Å². The minimum absolute atomic E-state index is 0.0321. The second-order valence-corrected chi connectivity index (χ2v) is 7.49. The lowest BCUT2D eigenvalue weighted by atomic mass is 10.1. The van der Waals surface area contributed by atoms with Crippen LogP contribution in [0.3, 0.4) is 0 Å². The summed E-state index contributed by atoms with van der Waals surface area (Å²) in [4.78, 5) is 12.3. The van der Waals surface area contributed by atoms with Gasteiger partial charge in [-0.05, 0) is 50.6 Å². The highest BCUT2D eigenvalue weighted by Gasteiger charge is 2.25. The average molecular weight is 401 g/mol. The van der Waals surface area contributed by atoms with Crippen LogP contribution >= 0.6 is 0 Å². The van der Waals surface area contributed by atoms with Gasteiger partial charge < -0.3 is 14.5 Å². The molecule has 0 fully saturated rings. The maximum absolute atomic E-state index is 13.6. The van der Waals surface area contributed by atoms with Crippen LogP contribution in [0.15, 0.2) is 52.9 Å². The molecule has 0 spiro atoms. The fraction of sp³-hybridized carbons (Fsp3) is 0.286. The average Bonchev–Trinajstić information content (AvgIpc) is 3.09. The van der Waals surface area contributed by atoms with Crippen LogP contribution in [-0.4, -0.2) is 21.9 Å². The smallest absolute Gasteiger partial charge is 0.408 e. The summed E-state index contributed by atoms with van der Waals surface area (Å²) in [6.07, 6.45) is -0.677. The van der Waals surface area contributed by atoms with Gasteiger partial charge in [0, 0.05) is 18.1 Å². The van der Waals surface area contributed by atoms with E-state index in [0.29, 0.717) is 11.1 Å². The van der Waals surface area contributed by atoms with E-state index in [2.05, 4.69) is 15.5 Å². The van der Waals surface area contributed by atoms with Gasteiger partial charge in [-0.2, -0.15) is 0 Å². The molecule has 1 unspecified atom stereocenters. The van der Waals surface area contributed by atoms with Crippen molar-refractivity contribution in [1.82, 2.24) is 15.5 Å². The quantitative estimate of drug-likeness (QED) is 0.663. The summed E-state index contributed by atoms with van der Waals surface area (Å²) in [6, 6.07) is 11.4. The minimum atomic E-state index is -0.837. The molecule has 1 aromatic heterocycles. The van der Waals surface area contributed by atoms with Crippen molar-refractivity contribution in [2.45, 2.75) is 38.8 Å². The Morgan fingerprint density at radius 3 is 2.38 bits per heavy atom. The van der Waals surface area contributed by atoms with Crippen molar-refractivity contribution in [3.8, 4) is 11.5 Å². The van der Waals surface area contributed by atoms with Gasteiger partial charge in [-0.25, -0.2) is 13.6 Å². The highest BCUT2D eigenvalue weighted by Crippen LogP contribution is 2.24. The monoisotopic (exact) mass is 401 g/mol. The molecule has 1 N–H and O–H groups in total. The molecule has 1 atom stereocenters. The lowest BCUT2D eigenvalue weighted by Gasteiger charge is -2.22. The predicted octanol–water partition coefficient (Wildman–Crippen LogP) is 4.82. The van der Waals surface area contributed by atoms with Crippen LogP contribution < -0.4 is 5.32 Å². The van der Waals surface area contributed by atoms with Crippen molar-refractivity contribution in [3.05, 3.63) is 71.6 Å². The van der Waals surface area contributed by atoms with E-state index in [-0.39, 0.29) is 18.2 Å². The van der Waals surface area contributed by atoms with Crippen molar-refractivity contribution >= 4 is 6.09 Å². The number of halogens is 2. The Labute approximate surface area is 166 Å². The van der Waals surface area contributed by atoms with Crippen LogP contribution in [0.2, 0.25) is 0 Å². The molecule has 1 amide bonds. The number of amides is 1. The first-order chi connectivity index (χ1) is 13.7. The zero-order valence-corrected chi connectivity index (χ0v) is 16.3. The molecule has 0 radical (unpaired) electrons. The molecule has 3 aromatic rings. The Balaban J connectivity index is 1.88. The van der Waals surface area contributed by atoms with Crippen molar-refractivity contribution in [2.24, 2.45) is 0 Å². The molecule has 152 valence electrons. The number of aromatic nitrogens is 2. The molecule has 0 saturated carbocycles. The zero-order chi connectivity index (χ0) is 21.0. The van der Waals surface area contributed by atoms with E-state index in [0.717, 1.165) is 6.07 Å². The van der Waals surface area contributed by atoms with Crippen molar-refractivity contribution < 1.29 is 22.7 Å². The normalized spacial score (nSPS) is 12.4. The van der Waals surface area contributed by atoms with E-state index in [1.807, 2.05) is 18.2 Å². The Morgan fingerprint density at radius 1 is 1.10 bits per heavy atom. The number of hydrogen-bond donors (Lipinski definition) is 1. The lowest BCUT2D eigenvalue weighted by molar-refractivity contribution is 0.0495. The molecule has 6 nitrogen and oxygen atoms in total. The van der Waals surface area contributed by atoms with Gasteiger partial charge in [0.25, 0.3) is 0 Å². The fourth-order valence-electron chi connectivity index (χ4n) is 2.69. The third kappa shape index (κ3) is 5.84. The number of ether oxygens (including phenoxy) is 1. The summed E-state index contributed by atoms with van der Waals surface area (Å²) >= 11 is 0. The number of alkyl carbamates (subject to hydrolysis) is 1. The molecular weight excluding hydrogens is 380 g/mol. The largest absolute Gasteiger partial charge is 0.444 e. The number of carbonyl (C=O) groups excluding carboxylic acids is 1. The molecule has 1 heterocycles. The second-order valence-electron chi connectivity index (χ2n) is 7.49. The summed E-state index contributed by atoms with van der Waals surface area (Å²) in [5.41, 5.74) is 0.311. The maximum atomic E-state index is 13.6. The summed E-state index contributed by atoms with van der Waals surface area (Å²) in [5, 5.41) is 10.7. The van der Waals surface area contributed by atoms with Gasteiger partial charge in [0.1, 0.15) is 23.3 Å². The molecule has 0 aliphatic heterocycles. The van der Waals surface area contributed by atoms with Gasteiger partial charge >= 0.3 is 6.09 Å². The van der Waals surface area contributed by atoms with E-state index in [1.165, 1.54) is 12.1 Å². The van der Waals surface area contributed by atoms with Gasteiger partial charge in [-0.1, -0.05) is 18.2 Å². The number of hydrogen-bond acceptors (Lipinski definition) is 5. The van der Waals surface area contributed by atoms with Crippen LogP contribution in [-0.2, 0) is 11.2 Å². The van der Waals surface area contributed by atoms with Crippen LogP contribution in [0.5, 0.6) is 0 Å². The Hall–Kier alpha value is -3.29. The third-order valence-electron chi connectivity index (χ3n) is 3.81. The molecule has 0 aliphatic rings. The van der Waals surface area contributed by atoms with E-state index < -0.39 is 29.4 Å². The van der Waals surface area contributed by atoms with E-state index in [1.54, 1.807) is 32.9 Å². The Morgan fingerprint density at radius 2 is 1.76 bits per heavy atom. The van der Waals surface area contributed by atoms with Gasteiger partial charge in [0.15, 0.2) is 0 Å². The fourth-order valence-corrected chi connectivity index (χ4v) is 2.69. The maximum Gasteiger partial charge on any atom is 0.408 e. The van der Waals surface area contributed by atoms with Crippen molar-refractivity contribution in [3.63, 3.8) is 0 Å². The third-order valence-corrected chi connectivity index (χ3v) is 3.81. The number of rotatable bonds is 5. The van der Waals surface area contributed by atoms with Gasteiger partial charge in [0.05, 0.1) is 0 Å². The molecule has 0 bridgehead atoms. The second kappa shape index (κ2) is 8.38. The Kier molecular flexibility index (Phi) is 5.91. The first-order valence-corrected chi connectivity index (χ1v) is 9.03. The van der Waals surface area contributed by atoms with Crippen molar-refractivity contribution in [1.29, 1.82) is 0 Å². The SMILES string of the molecule is CC(C)(C)OC(=O)NC(Cc1cc(F)cc(F)c1)c1nnc(-c2ccccc2)o1. The van der Waals surface area contributed by atoms with E-state index in [4.69, 9.17) is 9.15 Å². The summed E-state index contributed by atoms with van der Waals surface area (Å²) < 4.78 is 38.2. The summed E-state index contributed by atoms with van der Waals surface area (Å²) in [6.45, 7) is 5.18. The molecular formula is C21H21F2N3O3. The zero-order valence-electron chi connectivity index (χ0n) is 16.3. The van der Waals surface area contributed by atoms with E-state index >= 15 is 0 Å². The van der Waals surface area contributed by atoms with E-state index in [9.17, 15) is 13.6 Å². The first-order valence-electron chi connectivity index (χ1n) is 9.03. The summed E-state index contributed by atoms with van der Waals surface area (Å²) in [7, 11) is 0. The topological polar surface area (TPSA) is 77.2 Å². The van der Waals surface area contributed by atoms with Crippen LogP contribution in [0.1, 0.15) is 38.3 Å². The molecule has 29 heavy (non-hydrogen) atoms. The van der Waals surface area contributed by atoms with Crippen molar-refractivity contribution in [2.75, 3.05) is 0 Å². The first kappa shape index (κ1) is 20.4. The number of benzene rings is 2. The molecule has 0 aliphatic carbocycles. The standard InChI is InChI=1S/C21H21F2N3O3/c1-21(2,3)29-20(27)24-17(11-13-9-15(22)12-16(23)10-13)19-26-25-18(28-19)14-7-5-4-6-8-14/h4-10,12,17H,11H2,1-3H3,(H,24,27). The van der Waals surface area contributed by atoms with Gasteiger partial charge in [-0.15, -0.1) is 10.2 Å². The van der Waals surface area contributed by atoms with Gasteiger partial charge in [-0.3, -0.25) is 0 Å². The van der Waals surface area contributed by atoms with Gasteiger partial charge in [0.2, 0.25) is 11.8 Å². The number of carbonyl (C=O) groups is 1. The number of nitrogens with zero attached hydrogens (tertiary/aromatic N) is 2. The molecule has 3 rings (SSSR count). The Bertz CT molecular complexity index is 964.